The molecule has 0 radical (unpaired) electrons. The fraction of sp³-hybridized carbons (Fsp3) is 0.692. The number of hydrogen-bond donors (Lipinski definition) is 5. The van der Waals surface area contributed by atoms with Crippen LogP contribution in [0.15, 0.2) is 30.3 Å². The third kappa shape index (κ3) is 11.9. The van der Waals surface area contributed by atoms with Crippen molar-refractivity contribution in [2.75, 3.05) is 19.7 Å². The summed E-state index contributed by atoms with van der Waals surface area (Å²) in [5.74, 6) is -2.69. The molecule has 1 aromatic carbocycles. The van der Waals surface area contributed by atoms with Crippen molar-refractivity contribution in [3.05, 3.63) is 35.9 Å². The second-order valence-electron chi connectivity index (χ2n) is 15.8. The summed E-state index contributed by atoms with van der Waals surface area (Å²) in [7, 11) is 0. The Morgan fingerprint density at radius 1 is 0.849 bits per heavy atom. The van der Waals surface area contributed by atoms with Gasteiger partial charge in [-0.2, -0.15) is 0 Å². The third-order valence-electron chi connectivity index (χ3n) is 10.2. The molecule has 0 unspecified atom stereocenters. The zero-order chi connectivity index (χ0) is 39.5. The molecule has 0 aromatic heterocycles. The summed E-state index contributed by atoms with van der Waals surface area (Å²) >= 11 is 0. The molecule has 2 heterocycles. The summed E-state index contributed by atoms with van der Waals surface area (Å²) in [6, 6.07) is 5.23. The number of hydrogen-bond acceptors (Lipinski definition) is 8. The van der Waals surface area contributed by atoms with E-state index in [4.69, 9.17) is 4.74 Å². The predicted molar refractivity (Wildman–Crippen MR) is 200 cm³/mol. The highest BCUT2D eigenvalue weighted by Gasteiger charge is 2.43. The van der Waals surface area contributed by atoms with Crippen molar-refractivity contribution >= 4 is 35.6 Å². The molecule has 2 fully saturated rings. The van der Waals surface area contributed by atoms with Gasteiger partial charge in [-0.1, -0.05) is 78.3 Å². The highest BCUT2D eigenvalue weighted by Crippen LogP contribution is 2.24. The maximum atomic E-state index is 13.9. The predicted octanol–water partition coefficient (Wildman–Crippen LogP) is 2.87. The fourth-order valence-corrected chi connectivity index (χ4v) is 6.77. The van der Waals surface area contributed by atoms with Crippen LogP contribution >= 0.6 is 0 Å². The van der Waals surface area contributed by atoms with Crippen LogP contribution in [-0.4, -0.2) is 106 Å². The minimum atomic E-state index is -1.42. The van der Waals surface area contributed by atoms with E-state index in [9.17, 15) is 33.9 Å². The standard InChI is InChI=1S/C39H62N6O8/c1-9-26(6)32(42-35(49)31-18-14-20-45(31)38(52)53-23-27-15-11-10-12-16-27)36(50)40-28(21-24(2)3)33(47)43-39(7,8)37(51)44-19-13-17-30(44)34(48)41-29(22-46)25(4)5/h10-12,15-16,24-26,28-32,46H,9,13-14,17-23H2,1-8H3,(H,40,50)(H,41,48)(H,42,49)(H,43,47)/t26-,28-,29+,30-,31-,32-/m0/s1. The van der Waals surface area contributed by atoms with Crippen molar-refractivity contribution in [1.29, 1.82) is 0 Å². The van der Waals surface area contributed by atoms with Crippen LogP contribution in [0.2, 0.25) is 0 Å². The zero-order valence-corrected chi connectivity index (χ0v) is 32.8. The van der Waals surface area contributed by atoms with Crippen LogP contribution in [0.1, 0.15) is 99.5 Å². The first kappa shape index (κ1) is 43.2. The van der Waals surface area contributed by atoms with E-state index in [1.165, 1.54) is 9.80 Å². The number of likely N-dealkylation sites (tertiary alicyclic amines) is 2. The first-order valence-corrected chi connectivity index (χ1v) is 19.1. The maximum Gasteiger partial charge on any atom is 0.410 e. The number of carbonyl (C=O) groups is 6. The van der Waals surface area contributed by atoms with Gasteiger partial charge in [0.25, 0.3) is 0 Å². The van der Waals surface area contributed by atoms with Gasteiger partial charge in [-0.15, -0.1) is 0 Å². The van der Waals surface area contributed by atoms with E-state index in [0.29, 0.717) is 45.2 Å². The van der Waals surface area contributed by atoms with Gasteiger partial charge in [0.1, 0.15) is 36.3 Å². The number of aliphatic hydroxyl groups excluding tert-OH is 1. The highest BCUT2D eigenvalue weighted by molar-refractivity contribution is 5.98. The molecule has 1 aromatic rings. The van der Waals surface area contributed by atoms with Crippen LogP contribution in [-0.2, 0) is 35.3 Å². The molecule has 2 aliphatic heterocycles. The van der Waals surface area contributed by atoms with E-state index in [1.54, 1.807) is 13.8 Å². The van der Waals surface area contributed by atoms with E-state index < -0.39 is 65.5 Å². The Hall–Kier alpha value is -4.20. The van der Waals surface area contributed by atoms with Crippen molar-refractivity contribution in [1.82, 2.24) is 31.1 Å². The van der Waals surface area contributed by atoms with Crippen LogP contribution in [0.5, 0.6) is 0 Å². The SMILES string of the molecule is CC[C@H](C)[C@H](NC(=O)[C@@H]1CCCN1C(=O)OCc1ccccc1)C(=O)N[C@@H](CC(C)C)C(=O)NC(C)(C)C(=O)N1CCC[C@H]1C(=O)N[C@H](CO)C(C)C. The van der Waals surface area contributed by atoms with E-state index in [0.717, 1.165) is 5.56 Å². The maximum absolute atomic E-state index is 13.9. The van der Waals surface area contributed by atoms with E-state index >= 15 is 0 Å². The number of ether oxygens (including phenoxy) is 1. The minimum Gasteiger partial charge on any atom is -0.445 e. The molecular weight excluding hydrogens is 680 g/mol. The van der Waals surface area contributed by atoms with Gasteiger partial charge in [0.05, 0.1) is 12.6 Å². The topological polar surface area (TPSA) is 186 Å². The highest BCUT2D eigenvalue weighted by atomic mass is 16.6. The molecule has 0 aliphatic carbocycles. The Labute approximate surface area is 314 Å². The smallest absolute Gasteiger partial charge is 0.410 e. The Kier molecular flexibility index (Phi) is 16.1. The van der Waals surface area contributed by atoms with Gasteiger partial charge in [0, 0.05) is 13.1 Å². The largest absolute Gasteiger partial charge is 0.445 e. The second-order valence-corrected chi connectivity index (χ2v) is 15.8. The van der Waals surface area contributed by atoms with Gasteiger partial charge < -0.3 is 36.0 Å². The summed E-state index contributed by atoms with van der Waals surface area (Å²) < 4.78 is 5.49. The van der Waals surface area contributed by atoms with Gasteiger partial charge in [0.2, 0.25) is 29.5 Å². The number of aliphatic hydroxyl groups is 1. The molecule has 6 atom stereocenters. The lowest BCUT2D eigenvalue weighted by molar-refractivity contribution is -0.145. The summed E-state index contributed by atoms with van der Waals surface area (Å²) in [6.07, 6.45) is 2.30. The molecular formula is C39H62N6O8. The molecule has 5 N–H and O–H groups in total. The number of nitrogens with one attached hydrogen (secondary N) is 4. The molecule has 6 amide bonds. The lowest BCUT2D eigenvalue weighted by atomic mass is 9.95. The van der Waals surface area contributed by atoms with Crippen molar-refractivity contribution in [2.24, 2.45) is 17.8 Å². The van der Waals surface area contributed by atoms with Gasteiger partial charge in [-0.25, -0.2) is 4.79 Å². The van der Waals surface area contributed by atoms with Gasteiger partial charge in [-0.05, 0) is 69.3 Å². The van der Waals surface area contributed by atoms with Crippen LogP contribution in [0.25, 0.3) is 0 Å². The molecule has 14 nitrogen and oxygen atoms in total. The van der Waals surface area contributed by atoms with Crippen LogP contribution in [0.4, 0.5) is 4.79 Å². The number of nitrogens with zero attached hydrogens (tertiary/aromatic N) is 2. The average molecular weight is 743 g/mol. The van der Waals surface area contributed by atoms with E-state index in [1.807, 2.05) is 71.9 Å². The Bertz CT molecular complexity index is 1420. The Morgan fingerprint density at radius 3 is 2.00 bits per heavy atom. The number of amides is 6. The van der Waals surface area contributed by atoms with Crippen LogP contribution in [0.3, 0.4) is 0 Å². The summed E-state index contributed by atoms with van der Waals surface area (Å²) in [6.45, 7) is 15.0. The Morgan fingerprint density at radius 2 is 1.43 bits per heavy atom. The molecule has 0 saturated carbocycles. The molecule has 296 valence electrons. The van der Waals surface area contributed by atoms with Gasteiger partial charge in [-0.3, -0.25) is 28.9 Å². The minimum absolute atomic E-state index is 0.00191. The van der Waals surface area contributed by atoms with Crippen molar-refractivity contribution < 1.29 is 38.6 Å². The van der Waals surface area contributed by atoms with Crippen molar-refractivity contribution in [3.63, 3.8) is 0 Å². The Balaban J connectivity index is 1.69. The molecule has 0 spiro atoms. The molecule has 2 saturated heterocycles. The van der Waals surface area contributed by atoms with E-state index in [-0.39, 0.29) is 43.3 Å². The summed E-state index contributed by atoms with van der Waals surface area (Å²) in [4.78, 5) is 84.3. The number of benzene rings is 1. The normalized spacial score (nSPS) is 19.7. The molecule has 0 bridgehead atoms. The fourth-order valence-electron chi connectivity index (χ4n) is 6.77. The number of rotatable bonds is 17. The molecule has 2 aliphatic rings. The first-order valence-electron chi connectivity index (χ1n) is 19.1. The van der Waals surface area contributed by atoms with Gasteiger partial charge in [0.15, 0.2) is 0 Å². The second kappa shape index (κ2) is 19.8. The van der Waals surface area contributed by atoms with E-state index in [2.05, 4.69) is 21.3 Å². The van der Waals surface area contributed by atoms with Crippen LogP contribution < -0.4 is 21.3 Å². The average Bonchev–Trinajstić information content (AvgIpc) is 3.81. The summed E-state index contributed by atoms with van der Waals surface area (Å²) in [5.41, 5.74) is -0.594. The van der Waals surface area contributed by atoms with Gasteiger partial charge >= 0.3 is 6.09 Å². The monoisotopic (exact) mass is 742 g/mol. The molecule has 3 rings (SSSR count). The zero-order valence-electron chi connectivity index (χ0n) is 32.8. The number of carbonyl (C=O) groups excluding carboxylic acids is 6. The lowest BCUT2D eigenvalue weighted by Gasteiger charge is -2.35. The van der Waals surface area contributed by atoms with Crippen molar-refractivity contribution in [3.8, 4) is 0 Å². The lowest BCUT2D eigenvalue weighted by Crippen LogP contribution is -2.63. The summed E-state index contributed by atoms with van der Waals surface area (Å²) in [5, 5.41) is 21.1. The molecule has 53 heavy (non-hydrogen) atoms. The quantitative estimate of drug-likeness (QED) is 0.161. The van der Waals surface area contributed by atoms with Crippen LogP contribution in [0, 0.1) is 17.8 Å². The van der Waals surface area contributed by atoms with Crippen molar-refractivity contribution in [2.45, 2.75) is 136 Å². The first-order chi connectivity index (χ1) is 25.0. The third-order valence-corrected chi connectivity index (χ3v) is 10.2. The molecule has 14 heteroatoms.